The van der Waals surface area contributed by atoms with Gasteiger partial charge in [-0.3, -0.25) is 20.4 Å². The van der Waals surface area contributed by atoms with Crippen LogP contribution in [0, 0.1) is 0 Å². The molecule has 0 fully saturated rings. The molecule has 0 bridgehead atoms. The van der Waals surface area contributed by atoms with Crippen LogP contribution in [0.15, 0.2) is 67.1 Å². The molecule has 0 aliphatic rings. The molecule has 0 saturated heterocycles. The van der Waals surface area contributed by atoms with Crippen molar-refractivity contribution in [1.82, 2.24) is 25.6 Å². The van der Waals surface area contributed by atoms with Crippen molar-refractivity contribution in [3.05, 3.63) is 78.4 Å². The molecule has 24 heavy (non-hydrogen) atoms. The second-order valence-electron chi connectivity index (χ2n) is 4.91. The van der Waals surface area contributed by atoms with Crippen molar-refractivity contribution in [2.24, 2.45) is 0 Å². The third kappa shape index (κ3) is 3.77. The van der Waals surface area contributed by atoms with Gasteiger partial charge in [0.1, 0.15) is 5.69 Å². The molecule has 1 aromatic carbocycles. The van der Waals surface area contributed by atoms with Gasteiger partial charge in [0.2, 0.25) is 0 Å². The van der Waals surface area contributed by atoms with Gasteiger partial charge in [0.25, 0.3) is 11.8 Å². The van der Waals surface area contributed by atoms with Crippen molar-refractivity contribution in [3.8, 4) is 5.69 Å². The summed E-state index contributed by atoms with van der Waals surface area (Å²) >= 11 is 0. The fourth-order valence-electron chi connectivity index (χ4n) is 2.02. The van der Waals surface area contributed by atoms with Crippen molar-refractivity contribution < 1.29 is 9.59 Å². The molecule has 3 N–H and O–H groups in total. The first-order chi connectivity index (χ1) is 11.7. The lowest BCUT2D eigenvalue weighted by molar-refractivity contribution is -0.117. The predicted octanol–water partition coefficient (Wildman–Crippen LogP) is 1.67. The minimum Gasteiger partial charge on any atom is -0.357 e. The number of H-pyrrole nitrogens is 1. The van der Waals surface area contributed by atoms with Gasteiger partial charge >= 0.3 is 0 Å². The van der Waals surface area contributed by atoms with Gasteiger partial charge in [-0.25, -0.2) is 4.68 Å². The summed E-state index contributed by atoms with van der Waals surface area (Å²) in [6, 6.07) is 12.9. The largest absolute Gasteiger partial charge is 0.357 e. The maximum absolute atomic E-state index is 11.7. The molecular weight excluding hydrogens is 306 g/mol. The van der Waals surface area contributed by atoms with Crippen LogP contribution < -0.4 is 10.9 Å². The molecule has 3 rings (SSSR count). The zero-order chi connectivity index (χ0) is 16.8. The molecule has 0 aliphatic heterocycles. The maximum atomic E-state index is 11.7. The number of nitrogens with one attached hydrogen (secondary N) is 3. The van der Waals surface area contributed by atoms with E-state index in [1.54, 1.807) is 41.5 Å². The van der Waals surface area contributed by atoms with Crippen LogP contribution in [0.3, 0.4) is 0 Å². The Morgan fingerprint density at radius 3 is 2.67 bits per heavy atom. The van der Waals surface area contributed by atoms with Crippen LogP contribution in [0.2, 0.25) is 0 Å². The first-order valence-electron chi connectivity index (χ1n) is 7.24. The van der Waals surface area contributed by atoms with Crippen LogP contribution in [0.5, 0.6) is 0 Å². The van der Waals surface area contributed by atoms with E-state index in [2.05, 4.69) is 20.9 Å². The van der Waals surface area contributed by atoms with Crippen LogP contribution in [-0.4, -0.2) is 26.6 Å². The molecule has 0 saturated carbocycles. The third-order valence-electron chi connectivity index (χ3n) is 3.19. The number of carbonyl (C=O) groups excluding carboxylic acids is 2. The van der Waals surface area contributed by atoms with Crippen molar-refractivity contribution in [2.45, 2.75) is 0 Å². The third-order valence-corrected chi connectivity index (χ3v) is 3.19. The topological polar surface area (TPSA) is 91.8 Å². The van der Waals surface area contributed by atoms with Gasteiger partial charge in [-0.15, -0.1) is 0 Å². The Balaban J connectivity index is 1.55. The van der Waals surface area contributed by atoms with E-state index >= 15 is 0 Å². The Labute approximate surface area is 138 Å². The van der Waals surface area contributed by atoms with Gasteiger partial charge in [0.15, 0.2) is 0 Å². The number of amides is 2. The highest BCUT2D eigenvalue weighted by Gasteiger charge is 2.05. The van der Waals surface area contributed by atoms with E-state index in [9.17, 15) is 9.59 Å². The Morgan fingerprint density at radius 1 is 1.08 bits per heavy atom. The number of benzene rings is 1. The zero-order valence-corrected chi connectivity index (χ0v) is 12.6. The molecule has 0 unspecified atom stereocenters. The van der Waals surface area contributed by atoms with Crippen molar-refractivity contribution in [3.63, 3.8) is 0 Å². The smallest absolute Gasteiger partial charge is 0.286 e. The molecular formula is C17H15N5O2. The number of rotatable bonds is 4. The summed E-state index contributed by atoms with van der Waals surface area (Å²) in [4.78, 5) is 26.1. The summed E-state index contributed by atoms with van der Waals surface area (Å²) in [7, 11) is 0. The average Bonchev–Trinajstić information content (AvgIpc) is 3.30. The minimum atomic E-state index is -0.442. The van der Waals surface area contributed by atoms with E-state index in [0.29, 0.717) is 5.69 Å². The summed E-state index contributed by atoms with van der Waals surface area (Å²) in [6.45, 7) is 0. The van der Waals surface area contributed by atoms with Gasteiger partial charge in [0, 0.05) is 24.0 Å². The van der Waals surface area contributed by atoms with E-state index in [1.807, 2.05) is 30.3 Å². The van der Waals surface area contributed by atoms with E-state index < -0.39 is 11.8 Å². The summed E-state index contributed by atoms with van der Waals surface area (Å²) in [6.07, 6.45) is 8.01. The first kappa shape index (κ1) is 15.3. The molecule has 3 aromatic rings. The fraction of sp³-hybridized carbons (Fsp3) is 0. The van der Waals surface area contributed by atoms with Crippen LogP contribution >= 0.6 is 0 Å². The lowest BCUT2D eigenvalue weighted by atomic mass is 10.3. The van der Waals surface area contributed by atoms with Crippen molar-refractivity contribution in [2.75, 3.05) is 0 Å². The summed E-state index contributed by atoms with van der Waals surface area (Å²) in [5, 5.41) is 4.23. The molecule has 2 aromatic heterocycles. The predicted molar refractivity (Wildman–Crippen MR) is 89.0 cm³/mol. The molecule has 120 valence electrons. The Kier molecular flexibility index (Phi) is 4.52. The first-order valence-corrected chi connectivity index (χ1v) is 7.24. The normalized spacial score (nSPS) is 10.7. The van der Waals surface area contributed by atoms with Gasteiger partial charge in [-0.2, -0.15) is 5.10 Å². The van der Waals surface area contributed by atoms with E-state index in [4.69, 9.17) is 0 Å². The zero-order valence-electron chi connectivity index (χ0n) is 12.6. The summed E-state index contributed by atoms with van der Waals surface area (Å²) < 4.78 is 1.71. The number of nitrogens with zero attached hydrogens (tertiary/aromatic N) is 2. The van der Waals surface area contributed by atoms with E-state index in [1.165, 1.54) is 6.08 Å². The molecule has 2 amide bonds. The fourth-order valence-corrected chi connectivity index (χ4v) is 2.02. The molecule has 0 spiro atoms. The molecule has 7 heteroatoms. The lowest BCUT2D eigenvalue weighted by Gasteiger charge is -2.03. The average molecular weight is 321 g/mol. The lowest BCUT2D eigenvalue weighted by Crippen LogP contribution is -2.40. The SMILES string of the molecule is O=C(/C=C/c1cnn(-c2ccccc2)c1)NNC(=O)c1ccc[nH]1. The highest BCUT2D eigenvalue weighted by Crippen LogP contribution is 2.08. The molecule has 7 nitrogen and oxygen atoms in total. The second kappa shape index (κ2) is 7.10. The standard InChI is InChI=1S/C17H15N5O2/c23-16(20-21-17(24)15-7-4-10-18-15)9-8-13-11-19-22(12-13)14-5-2-1-3-6-14/h1-12,18H,(H,20,23)(H,21,24)/b9-8+. The van der Waals surface area contributed by atoms with Crippen LogP contribution in [0.4, 0.5) is 0 Å². The van der Waals surface area contributed by atoms with E-state index in [0.717, 1.165) is 11.3 Å². The van der Waals surface area contributed by atoms with Crippen LogP contribution in [0.1, 0.15) is 16.1 Å². The van der Waals surface area contributed by atoms with Gasteiger partial charge in [-0.05, 0) is 30.3 Å². The Hall–Kier alpha value is -3.61. The molecule has 0 atom stereocenters. The van der Waals surface area contributed by atoms with Crippen LogP contribution in [0.25, 0.3) is 11.8 Å². The number of hydrogen-bond donors (Lipinski definition) is 3. The molecule has 0 radical (unpaired) electrons. The van der Waals surface area contributed by atoms with Crippen molar-refractivity contribution >= 4 is 17.9 Å². The molecule has 0 aliphatic carbocycles. The van der Waals surface area contributed by atoms with Crippen LogP contribution in [-0.2, 0) is 4.79 Å². The number of aromatic amines is 1. The quantitative estimate of drug-likeness (QED) is 0.504. The van der Waals surface area contributed by atoms with Gasteiger partial charge in [0.05, 0.1) is 11.9 Å². The minimum absolute atomic E-state index is 0.364. The second-order valence-corrected chi connectivity index (χ2v) is 4.91. The van der Waals surface area contributed by atoms with Gasteiger partial charge in [-0.1, -0.05) is 18.2 Å². The maximum Gasteiger partial charge on any atom is 0.286 e. The number of carbonyl (C=O) groups is 2. The highest BCUT2D eigenvalue weighted by atomic mass is 16.2. The summed E-state index contributed by atoms with van der Waals surface area (Å²) in [5.74, 6) is -0.860. The van der Waals surface area contributed by atoms with Gasteiger partial charge < -0.3 is 4.98 Å². The number of hydrazine groups is 1. The molecule has 2 heterocycles. The monoisotopic (exact) mass is 321 g/mol. The highest BCUT2D eigenvalue weighted by molar-refractivity contribution is 5.96. The Bertz CT molecular complexity index is 850. The van der Waals surface area contributed by atoms with Crippen molar-refractivity contribution in [1.29, 1.82) is 0 Å². The summed E-state index contributed by atoms with van der Waals surface area (Å²) in [5.41, 5.74) is 6.68. The number of para-hydroxylation sites is 1. The Morgan fingerprint density at radius 2 is 1.92 bits per heavy atom. The van der Waals surface area contributed by atoms with E-state index in [-0.39, 0.29) is 0 Å². The number of hydrogen-bond acceptors (Lipinski definition) is 3. The number of aromatic nitrogens is 3.